The van der Waals surface area contributed by atoms with Crippen LogP contribution in [0.15, 0.2) is 47.5 Å². The number of aromatic nitrogens is 1. The molecule has 2 N–H and O–H groups in total. The van der Waals surface area contributed by atoms with Crippen LogP contribution in [0.25, 0.3) is 0 Å². The summed E-state index contributed by atoms with van der Waals surface area (Å²) in [6, 6.07) is 9.21. The maximum Gasteiger partial charge on any atom is 0.251 e. The molecule has 1 aromatic carbocycles. The number of ether oxygens (including phenoxy) is 1. The number of hydrogen-bond acceptors (Lipinski definition) is 6. The minimum atomic E-state index is -3.66. The second kappa shape index (κ2) is 11.4. The highest BCUT2D eigenvalue weighted by Gasteiger charge is 2.19. The number of nitrogens with one attached hydrogen (secondary N) is 2. The molecule has 0 unspecified atom stereocenters. The Balaban J connectivity index is 1.91. The number of nitrogens with zero attached hydrogens (tertiary/aromatic N) is 2. The van der Waals surface area contributed by atoms with Crippen molar-refractivity contribution in [3.63, 3.8) is 0 Å². The van der Waals surface area contributed by atoms with Crippen molar-refractivity contribution in [1.82, 2.24) is 19.9 Å². The van der Waals surface area contributed by atoms with Crippen molar-refractivity contribution in [2.75, 3.05) is 27.2 Å². The molecule has 0 atom stereocenters. The third kappa shape index (κ3) is 7.04. The third-order valence-corrected chi connectivity index (χ3v) is 6.16. The van der Waals surface area contributed by atoms with E-state index in [2.05, 4.69) is 22.5 Å². The quantitative estimate of drug-likeness (QED) is 0.504. The molecule has 0 saturated carbocycles. The highest BCUT2D eigenvalue weighted by molar-refractivity contribution is 7.89. The molecule has 0 bridgehead atoms. The zero-order chi connectivity index (χ0) is 22.9. The van der Waals surface area contributed by atoms with Crippen LogP contribution in [0.4, 0.5) is 0 Å². The summed E-state index contributed by atoms with van der Waals surface area (Å²) in [6.07, 6.45) is 3.53. The third-order valence-electron chi connectivity index (χ3n) is 4.35. The standard InChI is InChI=1S/C21H28N4O5S/c1-4-5-12-30-21-17(9-7-11-22-21)14-23-19(26)15-24-20(27)16-8-6-10-18(13-16)31(28,29)25(2)3/h6-11,13H,4-5,12,14-15H2,1-3H3,(H,23,26)(H,24,27). The fourth-order valence-electron chi connectivity index (χ4n) is 2.53. The van der Waals surface area contributed by atoms with Crippen molar-refractivity contribution in [3.8, 4) is 5.88 Å². The van der Waals surface area contributed by atoms with Crippen LogP contribution in [0, 0.1) is 0 Å². The van der Waals surface area contributed by atoms with Gasteiger partial charge in [-0.2, -0.15) is 0 Å². The summed E-state index contributed by atoms with van der Waals surface area (Å²) in [4.78, 5) is 28.7. The van der Waals surface area contributed by atoms with Gasteiger partial charge in [-0.05, 0) is 30.7 Å². The van der Waals surface area contributed by atoms with Gasteiger partial charge in [0.25, 0.3) is 5.91 Å². The summed E-state index contributed by atoms with van der Waals surface area (Å²) in [5.41, 5.74) is 0.884. The number of carbonyl (C=O) groups is 2. The maximum atomic E-state index is 12.3. The highest BCUT2D eigenvalue weighted by atomic mass is 32.2. The van der Waals surface area contributed by atoms with Gasteiger partial charge in [0.15, 0.2) is 0 Å². The predicted molar refractivity (Wildman–Crippen MR) is 116 cm³/mol. The normalized spacial score (nSPS) is 11.2. The first-order valence-electron chi connectivity index (χ1n) is 9.90. The molecule has 2 aromatic rings. The van der Waals surface area contributed by atoms with Gasteiger partial charge in [0, 0.05) is 38.0 Å². The van der Waals surface area contributed by atoms with Gasteiger partial charge in [-0.25, -0.2) is 17.7 Å². The van der Waals surface area contributed by atoms with Crippen molar-refractivity contribution in [2.24, 2.45) is 0 Å². The van der Waals surface area contributed by atoms with Gasteiger partial charge < -0.3 is 15.4 Å². The van der Waals surface area contributed by atoms with Crippen LogP contribution in [0.1, 0.15) is 35.7 Å². The van der Waals surface area contributed by atoms with E-state index in [9.17, 15) is 18.0 Å². The Morgan fingerprint density at radius 1 is 1.13 bits per heavy atom. The molecule has 10 heteroatoms. The zero-order valence-corrected chi connectivity index (χ0v) is 18.7. The van der Waals surface area contributed by atoms with Crippen LogP contribution in [0.3, 0.4) is 0 Å². The fourth-order valence-corrected chi connectivity index (χ4v) is 3.48. The van der Waals surface area contributed by atoms with Crippen molar-refractivity contribution in [2.45, 2.75) is 31.2 Å². The van der Waals surface area contributed by atoms with Gasteiger partial charge in [-0.3, -0.25) is 9.59 Å². The monoisotopic (exact) mass is 448 g/mol. The molecule has 2 amide bonds. The maximum absolute atomic E-state index is 12.3. The number of amides is 2. The fraction of sp³-hybridized carbons (Fsp3) is 0.381. The molecule has 9 nitrogen and oxygen atoms in total. The van der Waals surface area contributed by atoms with Crippen LogP contribution in [-0.4, -0.2) is 56.8 Å². The molecule has 0 saturated heterocycles. The number of benzene rings is 1. The Morgan fingerprint density at radius 3 is 2.61 bits per heavy atom. The first kappa shape index (κ1) is 24.3. The van der Waals surface area contributed by atoms with E-state index in [-0.39, 0.29) is 23.5 Å². The van der Waals surface area contributed by atoms with E-state index in [0.717, 1.165) is 22.7 Å². The number of hydrogen-bond donors (Lipinski definition) is 2. The number of pyridine rings is 1. The molecular weight excluding hydrogens is 420 g/mol. The van der Waals surface area contributed by atoms with Crippen LogP contribution in [-0.2, 0) is 21.4 Å². The molecule has 0 radical (unpaired) electrons. The average molecular weight is 449 g/mol. The summed E-state index contributed by atoms with van der Waals surface area (Å²) in [5.74, 6) is -0.469. The van der Waals surface area contributed by atoms with E-state index in [1.165, 1.54) is 38.4 Å². The molecule has 0 spiro atoms. The van der Waals surface area contributed by atoms with Gasteiger partial charge in [-0.1, -0.05) is 25.5 Å². The molecule has 0 aliphatic rings. The minimum Gasteiger partial charge on any atom is -0.477 e. The van der Waals surface area contributed by atoms with Crippen molar-refractivity contribution in [1.29, 1.82) is 0 Å². The lowest BCUT2D eigenvalue weighted by Crippen LogP contribution is -2.36. The SMILES string of the molecule is CCCCOc1ncccc1CNC(=O)CNC(=O)c1cccc(S(=O)(=O)N(C)C)c1. The lowest BCUT2D eigenvalue weighted by atomic mass is 10.2. The lowest BCUT2D eigenvalue weighted by Gasteiger charge is -2.13. The van der Waals surface area contributed by atoms with E-state index < -0.39 is 21.8 Å². The zero-order valence-electron chi connectivity index (χ0n) is 17.9. The number of rotatable bonds is 11. The summed E-state index contributed by atoms with van der Waals surface area (Å²) < 4.78 is 31.1. The number of carbonyl (C=O) groups excluding carboxylic acids is 2. The molecule has 2 rings (SSSR count). The topological polar surface area (TPSA) is 118 Å². The second-order valence-corrected chi connectivity index (χ2v) is 9.10. The van der Waals surface area contributed by atoms with Gasteiger partial charge in [0.1, 0.15) is 0 Å². The Hall–Kier alpha value is -2.98. The van der Waals surface area contributed by atoms with Crippen molar-refractivity contribution in [3.05, 3.63) is 53.7 Å². The van der Waals surface area contributed by atoms with E-state index in [1.54, 1.807) is 12.3 Å². The Kier molecular flexibility index (Phi) is 8.95. The summed E-state index contributed by atoms with van der Waals surface area (Å²) in [7, 11) is -0.837. The minimum absolute atomic E-state index is 0.00165. The van der Waals surface area contributed by atoms with E-state index >= 15 is 0 Å². The second-order valence-electron chi connectivity index (χ2n) is 6.94. The van der Waals surface area contributed by atoms with Crippen LogP contribution >= 0.6 is 0 Å². The van der Waals surface area contributed by atoms with Crippen LogP contribution in [0.2, 0.25) is 0 Å². The molecule has 31 heavy (non-hydrogen) atoms. The molecule has 1 aromatic heterocycles. The summed E-state index contributed by atoms with van der Waals surface area (Å²) >= 11 is 0. The Bertz CT molecular complexity index is 1010. The summed E-state index contributed by atoms with van der Waals surface area (Å²) in [5, 5.41) is 5.20. The molecule has 168 valence electrons. The van der Waals surface area contributed by atoms with Gasteiger partial charge in [0.2, 0.25) is 21.8 Å². The largest absolute Gasteiger partial charge is 0.477 e. The molecular formula is C21H28N4O5S. The summed E-state index contributed by atoms with van der Waals surface area (Å²) in [6.45, 7) is 2.57. The van der Waals surface area contributed by atoms with E-state index in [4.69, 9.17) is 4.74 Å². The smallest absolute Gasteiger partial charge is 0.251 e. The Labute approximate surface area is 182 Å². The Morgan fingerprint density at radius 2 is 1.90 bits per heavy atom. The van der Waals surface area contributed by atoms with Gasteiger partial charge >= 0.3 is 0 Å². The highest BCUT2D eigenvalue weighted by Crippen LogP contribution is 2.15. The predicted octanol–water partition coefficient (Wildman–Crippen LogP) is 1.56. The van der Waals surface area contributed by atoms with E-state index in [0.29, 0.717) is 12.5 Å². The van der Waals surface area contributed by atoms with Crippen LogP contribution in [0.5, 0.6) is 5.88 Å². The first-order chi connectivity index (χ1) is 14.8. The average Bonchev–Trinajstić information content (AvgIpc) is 2.76. The van der Waals surface area contributed by atoms with Crippen molar-refractivity contribution < 1.29 is 22.7 Å². The number of unbranched alkanes of at least 4 members (excludes halogenated alkanes) is 1. The molecule has 0 fully saturated rings. The first-order valence-corrected chi connectivity index (χ1v) is 11.3. The molecule has 0 aliphatic heterocycles. The van der Waals surface area contributed by atoms with Crippen LogP contribution < -0.4 is 15.4 Å². The molecule has 0 aliphatic carbocycles. The van der Waals surface area contributed by atoms with Gasteiger partial charge in [-0.15, -0.1) is 0 Å². The van der Waals surface area contributed by atoms with Crippen molar-refractivity contribution >= 4 is 21.8 Å². The lowest BCUT2D eigenvalue weighted by molar-refractivity contribution is -0.120. The van der Waals surface area contributed by atoms with Gasteiger partial charge in [0.05, 0.1) is 18.0 Å². The molecule has 1 heterocycles. The van der Waals surface area contributed by atoms with E-state index in [1.807, 2.05) is 6.07 Å². The number of sulfonamides is 1.